The second-order valence-corrected chi connectivity index (χ2v) is 4.69. The van der Waals surface area contributed by atoms with Crippen LogP contribution >= 0.6 is 0 Å². The van der Waals surface area contributed by atoms with Gasteiger partial charge in [0.05, 0.1) is 13.7 Å². The van der Waals surface area contributed by atoms with Crippen LogP contribution in [0.2, 0.25) is 0 Å². The molecule has 6 heteroatoms. The summed E-state index contributed by atoms with van der Waals surface area (Å²) in [6, 6.07) is 4.82. The highest BCUT2D eigenvalue weighted by Gasteiger charge is 2.43. The fraction of sp³-hybridized carbons (Fsp3) is 0.267. The summed E-state index contributed by atoms with van der Waals surface area (Å²) in [7, 11) is 1.51. The van der Waals surface area contributed by atoms with Gasteiger partial charge in [-0.3, -0.25) is 19.4 Å². The van der Waals surface area contributed by atoms with Crippen LogP contribution in [0.25, 0.3) is 0 Å². The molecule has 2 rings (SSSR count). The van der Waals surface area contributed by atoms with Gasteiger partial charge in [-0.05, 0) is 13.0 Å². The number of nitrogens with zero attached hydrogens (tertiary/aromatic N) is 2. The molecule has 1 fully saturated rings. The largest absolute Gasteiger partial charge is 0.496 e. The van der Waals surface area contributed by atoms with Crippen LogP contribution in [0.5, 0.6) is 5.75 Å². The van der Waals surface area contributed by atoms with Gasteiger partial charge in [-0.15, -0.1) is 6.58 Å². The Labute approximate surface area is 122 Å². The van der Waals surface area contributed by atoms with Gasteiger partial charge in [0.25, 0.3) is 0 Å². The van der Waals surface area contributed by atoms with E-state index in [4.69, 9.17) is 4.74 Å². The van der Waals surface area contributed by atoms with Gasteiger partial charge in [-0.25, -0.2) is 4.79 Å². The van der Waals surface area contributed by atoms with E-state index in [1.165, 1.54) is 13.2 Å². The average Bonchev–Trinajstić information content (AvgIpc) is 2.66. The summed E-state index contributed by atoms with van der Waals surface area (Å²) in [5, 5.41) is 0. The Hall–Kier alpha value is -2.63. The highest BCUT2D eigenvalue weighted by molar-refractivity contribution is 6.44. The van der Waals surface area contributed by atoms with E-state index < -0.39 is 17.8 Å². The second-order valence-electron chi connectivity index (χ2n) is 4.69. The molecule has 0 aromatic heterocycles. The molecule has 0 bridgehead atoms. The summed E-state index contributed by atoms with van der Waals surface area (Å²) in [5.74, 6) is -1.09. The van der Waals surface area contributed by atoms with E-state index in [1.54, 1.807) is 6.07 Å². The summed E-state index contributed by atoms with van der Waals surface area (Å²) in [4.78, 5) is 37.6. The van der Waals surface area contributed by atoms with Crippen molar-refractivity contribution in [1.29, 1.82) is 0 Å². The van der Waals surface area contributed by atoms with Crippen LogP contribution in [-0.4, -0.2) is 41.3 Å². The number of carbonyl (C=O) groups is 3. The first kappa shape index (κ1) is 14.8. The van der Waals surface area contributed by atoms with Crippen molar-refractivity contribution in [2.45, 2.75) is 13.5 Å². The number of amides is 4. The van der Waals surface area contributed by atoms with E-state index in [9.17, 15) is 14.4 Å². The lowest BCUT2D eigenvalue weighted by atomic mass is 10.1. The Bertz CT molecular complexity index is 624. The molecule has 1 aromatic carbocycles. The molecule has 0 atom stereocenters. The minimum Gasteiger partial charge on any atom is -0.496 e. The molecule has 0 aliphatic carbocycles. The van der Waals surface area contributed by atoms with Crippen molar-refractivity contribution in [2.75, 3.05) is 13.7 Å². The SMILES string of the molecule is C=CCN1C(=O)C(=O)N(Cc2cc(C)ccc2OC)C1=O. The van der Waals surface area contributed by atoms with Crippen LogP contribution < -0.4 is 4.74 Å². The van der Waals surface area contributed by atoms with Crippen molar-refractivity contribution < 1.29 is 19.1 Å². The fourth-order valence-corrected chi connectivity index (χ4v) is 2.18. The molecule has 110 valence electrons. The summed E-state index contributed by atoms with van der Waals surface area (Å²) in [5.41, 5.74) is 1.65. The van der Waals surface area contributed by atoms with E-state index in [2.05, 4.69) is 6.58 Å². The molecular weight excluding hydrogens is 272 g/mol. The Morgan fingerprint density at radius 1 is 1.19 bits per heavy atom. The molecule has 1 aliphatic rings. The molecule has 1 aliphatic heterocycles. The number of urea groups is 1. The second kappa shape index (κ2) is 5.78. The number of benzene rings is 1. The molecule has 0 saturated carbocycles. The molecule has 0 N–H and O–H groups in total. The molecule has 0 radical (unpaired) electrons. The Morgan fingerprint density at radius 3 is 2.48 bits per heavy atom. The van der Waals surface area contributed by atoms with Gasteiger partial charge >= 0.3 is 17.8 Å². The van der Waals surface area contributed by atoms with Gasteiger partial charge in [0, 0.05) is 12.1 Å². The molecule has 4 amide bonds. The van der Waals surface area contributed by atoms with Gasteiger partial charge in [-0.1, -0.05) is 23.8 Å². The van der Waals surface area contributed by atoms with E-state index in [-0.39, 0.29) is 13.1 Å². The Kier molecular flexibility index (Phi) is 4.07. The van der Waals surface area contributed by atoms with Crippen molar-refractivity contribution >= 4 is 17.8 Å². The Balaban J connectivity index is 2.29. The lowest BCUT2D eigenvalue weighted by molar-refractivity contribution is -0.143. The first-order valence-corrected chi connectivity index (χ1v) is 6.41. The van der Waals surface area contributed by atoms with Gasteiger partial charge in [0.15, 0.2) is 0 Å². The maximum atomic E-state index is 12.1. The number of methoxy groups -OCH3 is 1. The van der Waals surface area contributed by atoms with Gasteiger partial charge in [-0.2, -0.15) is 0 Å². The van der Waals surface area contributed by atoms with Gasteiger partial charge in [0.1, 0.15) is 5.75 Å². The number of carbonyl (C=O) groups excluding carboxylic acids is 3. The fourth-order valence-electron chi connectivity index (χ4n) is 2.18. The third kappa shape index (κ3) is 2.65. The maximum Gasteiger partial charge on any atom is 0.334 e. The van der Waals surface area contributed by atoms with Crippen LogP contribution in [-0.2, 0) is 16.1 Å². The third-order valence-corrected chi connectivity index (χ3v) is 3.21. The van der Waals surface area contributed by atoms with Crippen molar-refractivity contribution in [3.05, 3.63) is 42.0 Å². The summed E-state index contributed by atoms with van der Waals surface area (Å²) in [6.45, 7) is 5.39. The van der Waals surface area contributed by atoms with Crippen molar-refractivity contribution in [2.24, 2.45) is 0 Å². The summed E-state index contributed by atoms with van der Waals surface area (Å²) < 4.78 is 5.22. The highest BCUT2D eigenvalue weighted by Crippen LogP contribution is 2.24. The lowest BCUT2D eigenvalue weighted by Gasteiger charge is -2.16. The predicted octanol–water partition coefficient (Wildman–Crippen LogP) is 1.48. The zero-order valence-electron chi connectivity index (χ0n) is 12.0. The standard InChI is InChI=1S/C15H16N2O4/c1-4-7-16-13(18)14(19)17(15(16)20)9-11-8-10(2)5-6-12(11)21-3/h4-6,8H,1,7,9H2,2-3H3. The molecule has 1 heterocycles. The van der Waals surface area contributed by atoms with Gasteiger partial charge in [0.2, 0.25) is 0 Å². The molecule has 21 heavy (non-hydrogen) atoms. The number of hydrogen-bond acceptors (Lipinski definition) is 4. The Morgan fingerprint density at radius 2 is 1.86 bits per heavy atom. The molecule has 1 saturated heterocycles. The van der Waals surface area contributed by atoms with Crippen LogP contribution in [0.3, 0.4) is 0 Å². The van der Waals surface area contributed by atoms with Crippen LogP contribution in [0.4, 0.5) is 4.79 Å². The zero-order chi connectivity index (χ0) is 15.6. The number of hydrogen-bond donors (Lipinski definition) is 0. The number of rotatable bonds is 5. The van der Waals surface area contributed by atoms with Crippen molar-refractivity contribution in [3.63, 3.8) is 0 Å². The lowest BCUT2D eigenvalue weighted by Crippen LogP contribution is -2.33. The number of aryl methyl sites for hydroxylation is 1. The van der Waals surface area contributed by atoms with E-state index in [0.29, 0.717) is 11.3 Å². The maximum absolute atomic E-state index is 12.1. The number of ether oxygens (including phenoxy) is 1. The molecule has 0 spiro atoms. The monoisotopic (exact) mass is 288 g/mol. The first-order valence-electron chi connectivity index (χ1n) is 6.41. The third-order valence-electron chi connectivity index (χ3n) is 3.21. The van der Waals surface area contributed by atoms with E-state index >= 15 is 0 Å². The normalized spacial score (nSPS) is 14.9. The number of imide groups is 2. The van der Waals surface area contributed by atoms with E-state index in [1.807, 2.05) is 19.1 Å². The highest BCUT2D eigenvalue weighted by atomic mass is 16.5. The molecule has 1 aromatic rings. The molecular formula is C15H16N2O4. The quantitative estimate of drug-likeness (QED) is 0.467. The first-order chi connectivity index (χ1) is 9.99. The topological polar surface area (TPSA) is 66.9 Å². The predicted molar refractivity (Wildman–Crippen MR) is 75.6 cm³/mol. The smallest absolute Gasteiger partial charge is 0.334 e. The minimum atomic E-state index is -0.828. The van der Waals surface area contributed by atoms with Gasteiger partial charge < -0.3 is 4.74 Å². The summed E-state index contributed by atoms with van der Waals surface area (Å²) in [6.07, 6.45) is 1.40. The van der Waals surface area contributed by atoms with Crippen molar-refractivity contribution in [1.82, 2.24) is 9.80 Å². The minimum absolute atomic E-state index is 0.00189. The summed E-state index contributed by atoms with van der Waals surface area (Å²) >= 11 is 0. The molecule has 6 nitrogen and oxygen atoms in total. The average molecular weight is 288 g/mol. The van der Waals surface area contributed by atoms with E-state index in [0.717, 1.165) is 15.4 Å². The molecule has 0 unspecified atom stereocenters. The van der Waals surface area contributed by atoms with Crippen LogP contribution in [0, 0.1) is 6.92 Å². The van der Waals surface area contributed by atoms with Crippen molar-refractivity contribution in [3.8, 4) is 5.75 Å². The van der Waals surface area contributed by atoms with Crippen LogP contribution in [0.15, 0.2) is 30.9 Å². The zero-order valence-corrected chi connectivity index (χ0v) is 12.0. The van der Waals surface area contributed by atoms with Crippen LogP contribution in [0.1, 0.15) is 11.1 Å².